The summed E-state index contributed by atoms with van der Waals surface area (Å²) in [5.74, 6) is -0.486. The number of hydrogen-bond acceptors (Lipinski definition) is 6. The minimum atomic E-state index is -2.90. The summed E-state index contributed by atoms with van der Waals surface area (Å²) in [5, 5.41) is 11.5. The molecule has 0 aliphatic rings. The number of benzene rings is 2. The molecule has 32 heavy (non-hydrogen) atoms. The fourth-order valence-electron chi connectivity index (χ4n) is 3.16. The molecule has 1 atom stereocenters. The number of anilines is 1. The molecular formula is C22H21F3N4O2S. The van der Waals surface area contributed by atoms with Gasteiger partial charge in [-0.25, -0.2) is 17.9 Å². The molecule has 0 spiro atoms. The van der Waals surface area contributed by atoms with Gasteiger partial charge in [0.25, 0.3) is 6.43 Å². The number of pyridine rings is 1. The van der Waals surface area contributed by atoms with E-state index in [1.807, 2.05) is 0 Å². The van der Waals surface area contributed by atoms with Crippen LogP contribution in [0.5, 0.6) is 5.75 Å². The summed E-state index contributed by atoms with van der Waals surface area (Å²) in [5.41, 5.74) is 1.61. The second-order valence-electron chi connectivity index (χ2n) is 6.72. The zero-order chi connectivity index (χ0) is 23.3. The molecule has 0 saturated heterocycles. The molecular weight excluding hydrogens is 441 g/mol. The van der Waals surface area contributed by atoms with Crippen molar-refractivity contribution in [1.82, 2.24) is 9.71 Å². The van der Waals surface area contributed by atoms with E-state index in [0.717, 1.165) is 12.3 Å². The van der Waals surface area contributed by atoms with Gasteiger partial charge < -0.3 is 20.0 Å². The molecule has 0 aliphatic heterocycles. The van der Waals surface area contributed by atoms with Crippen molar-refractivity contribution < 1.29 is 22.5 Å². The summed E-state index contributed by atoms with van der Waals surface area (Å²) in [4.78, 5) is 4.33. The maximum atomic E-state index is 14.4. The molecule has 0 fully saturated rings. The Hall–Kier alpha value is -3.24. The molecule has 3 rings (SSSR count). The molecule has 168 valence electrons. The lowest BCUT2D eigenvalue weighted by Gasteiger charge is -2.15. The second-order valence-corrected chi connectivity index (χ2v) is 7.86. The lowest BCUT2D eigenvalue weighted by atomic mass is 10.0. The van der Waals surface area contributed by atoms with E-state index in [4.69, 9.17) is 10.1 Å². The molecule has 1 aromatic heterocycles. The zero-order valence-corrected chi connectivity index (χ0v) is 18.1. The Kier molecular flexibility index (Phi) is 7.60. The van der Waals surface area contributed by atoms with Crippen molar-refractivity contribution in [2.24, 2.45) is 0 Å². The zero-order valence-electron chi connectivity index (χ0n) is 17.3. The number of aromatic nitrogens is 1. The Morgan fingerprint density at radius 1 is 1.31 bits per heavy atom. The minimum absolute atomic E-state index is 0.0174. The molecule has 0 amide bonds. The summed E-state index contributed by atoms with van der Waals surface area (Å²) < 4.78 is 59.8. The number of fused-ring (bicyclic) bond motifs is 1. The lowest BCUT2D eigenvalue weighted by molar-refractivity contribution is 0.146. The third kappa shape index (κ3) is 5.14. The fraction of sp³-hybridized carbons (Fsp3) is 0.182. The first-order valence-electron chi connectivity index (χ1n) is 9.42. The van der Waals surface area contributed by atoms with Crippen LogP contribution in [-0.2, 0) is 17.9 Å². The van der Waals surface area contributed by atoms with E-state index in [2.05, 4.69) is 15.0 Å². The Balaban J connectivity index is 2.01. The standard InChI is InChI=1S/C22H21F3N4O2S/c1-31-20-9-19-17(8-16(20)14(10-26)12-29-32(2)30)18(6-7-27-19)28-11-13-4-3-5-15(21(13)23)22(24)25/h3-10,12,22,26,29H,11H2,1-2H3,(H,27,28)/b14-12+,26-10?. The molecule has 1 unspecified atom stereocenters. The number of hydrogen-bond donors (Lipinski definition) is 3. The van der Waals surface area contributed by atoms with Gasteiger partial charge >= 0.3 is 0 Å². The number of rotatable bonds is 9. The van der Waals surface area contributed by atoms with Crippen molar-refractivity contribution in [3.8, 4) is 5.75 Å². The number of alkyl halides is 2. The highest BCUT2D eigenvalue weighted by molar-refractivity contribution is 7.88. The molecule has 6 nitrogen and oxygen atoms in total. The Morgan fingerprint density at radius 2 is 2.09 bits per heavy atom. The SMILES string of the molecule is COc1cc2nccc(NCc3cccc(C(F)F)c3F)c2cc1/C(C=N)=C/N[S+](C)[O-]. The first kappa shape index (κ1) is 23.4. The van der Waals surface area contributed by atoms with Crippen molar-refractivity contribution in [3.05, 3.63) is 71.3 Å². The van der Waals surface area contributed by atoms with Gasteiger partial charge in [-0.3, -0.25) is 4.98 Å². The van der Waals surface area contributed by atoms with Crippen molar-refractivity contribution in [2.45, 2.75) is 13.0 Å². The van der Waals surface area contributed by atoms with Gasteiger partial charge in [-0.2, -0.15) is 0 Å². The smallest absolute Gasteiger partial charge is 0.266 e. The van der Waals surface area contributed by atoms with Gasteiger partial charge in [0.05, 0.1) is 35.8 Å². The highest BCUT2D eigenvalue weighted by atomic mass is 32.2. The van der Waals surface area contributed by atoms with Crippen LogP contribution < -0.4 is 14.8 Å². The van der Waals surface area contributed by atoms with E-state index >= 15 is 0 Å². The van der Waals surface area contributed by atoms with E-state index in [1.165, 1.54) is 31.7 Å². The fourth-order valence-corrected chi connectivity index (χ4v) is 3.45. The number of nitrogens with zero attached hydrogens (tertiary/aromatic N) is 1. The predicted molar refractivity (Wildman–Crippen MR) is 121 cm³/mol. The van der Waals surface area contributed by atoms with Crippen LogP contribution >= 0.6 is 0 Å². The molecule has 2 aromatic carbocycles. The molecule has 0 radical (unpaired) electrons. The second kappa shape index (κ2) is 10.4. The Bertz CT molecular complexity index is 1160. The molecule has 0 aliphatic carbocycles. The van der Waals surface area contributed by atoms with Gasteiger partial charge in [0.15, 0.2) is 0 Å². The van der Waals surface area contributed by atoms with Gasteiger partial charge in [0.2, 0.25) is 0 Å². The van der Waals surface area contributed by atoms with Gasteiger partial charge in [-0.05, 0) is 12.1 Å². The van der Waals surface area contributed by atoms with Crippen LogP contribution in [0, 0.1) is 11.2 Å². The van der Waals surface area contributed by atoms with Crippen LogP contribution in [0.15, 0.2) is 48.8 Å². The Labute approximate surface area is 186 Å². The van der Waals surface area contributed by atoms with Crippen LogP contribution in [0.2, 0.25) is 0 Å². The summed E-state index contributed by atoms with van der Waals surface area (Å²) in [7, 11) is 1.48. The van der Waals surface area contributed by atoms with Crippen LogP contribution in [0.25, 0.3) is 16.5 Å². The molecule has 0 saturated carbocycles. The van der Waals surface area contributed by atoms with Crippen molar-refractivity contribution in [3.63, 3.8) is 0 Å². The average molecular weight is 462 g/mol. The van der Waals surface area contributed by atoms with E-state index in [1.54, 1.807) is 24.4 Å². The normalized spacial score (nSPS) is 12.7. The number of allylic oxidation sites excluding steroid dienone is 1. The maximum absolute atomic E-state index is 14.4. The third-order valence-electron chi connectivity index (χ3n) is 4.72. The van der Waals surface area contributed by atoms with Crippen molar-refractivity contribution >= 4 is 39.7 Å². The van der Waals surface area contributed by atoms with E-state index < -0.39 is 29.2 Å². The number of halogens is 3. The van der Waals surface area contributed by atoms with Gasteiger partial charge in [-0.15, -0.1) is 0 Å². The van der Waals surface area contributed by atoms with E-state index in [-0.39, 0.29) is 12.1 Å². The molecule has 3 N–H and O–H groups in total. The minimum Gasteiger partial charge on any atom is -0.593 e. The van der Waals surface area contributed by atoms with Gasteiger partial charge in [0.1, 0.15) is 17.8 Å². The largest absolute Gasteiger partial charge is 0.593 e. The average Bonchev–Trinajstić information content (AvgIpc) is 2.77. The number of methoxy groups -OCH3 is 1. The highest BCUT2D eigenvalue weighted by Crippen LogP contribution is 2.33. The predicted octanol–water partition coefficient (Wildman–Crippen LogP) is 4.81. The third-order valence-corrected chi connectivity index (χ3v) is 5.17. The summed E-state index contributed by atoms with van der Waals surface area (Å²) >= 11 is -1.32. The maximum Gasteiger partial charge on any atom is 0.266 e. The first-order chi connectivity index (χ1) is 15.3. The molecule has 1 heterocycles. The van der Waals surface area contributed by atoms with E-state index in [0.29, 0.717) is 33.5 Å². The molecule has 3 aromatic rings. The van der Waals surface area contributed by atoms with Crippen LogP contribution in [-0.4, -0.2) is 29.1 Å². The monoisotopic (exact) mass is 462 g/mol. The first-order valence-corrected chi connectivity index (χ1v) is 11.0. The van der Waals surface area contributed by atoms with Crippen molar-refractivity contribution in [2.75, 3.05) is 18.7 Å². The van der Waals surface area contributed by atoms with Gasteiger partial charge in [-0.1, -0.05) is 18.2 Å². The van der Waals surface area contributed by atoms with Crippen LogP contribution in [0.1, 0.15) is 23.1 Å². The Morgan fingerprint density at radius 3 is 2.75 bits per heavy atom. The van der Waals surface area contributed by atoms with Gasteiger partial charge in [0, 0.05) is 52.8 Å². The van der Waals surface area contributed by atoms with Crippen molar-refractivity contribution in [1.29, 1.82) is 5.41 Å². The molecule has 0 bridgehead atoms. The van der Waals surface area contributed by atoms with E-state index in [9.17, 15) is 17.7 Å². The lowest BCUT2D eigenvalue weighted by Crippen LogP contribution is -2.16. The highest BCUT2D eigenvalue weighted by Gasteiger charge is 2.17. The quantitative estimate of drug-likeness (QED) is 0.314. The summed E-state index contributed by atoms with van der Waals surface area (Å²) in [6.07, 6.45) is 2.66. The number of ether oxygens (including phenoxy) is 1. The molecule has 10 heteroatoms. The summed E-state index contributed by atoms with van der Waals surface area (Å²) in [6, 6.07) is 9.01. The topological polar surface area (TPSA) is 93.1 Å². The summed E-state index contributed by atoms with van der Waals surface area (Å²) in [6.45, 7) is -0.0174. The van der Waals surface area contributed by atoms with Crippen LogP contribution in [0.3, 0.4) is 0 Å². The van der Waals surface area contributed by atoms with Crippen LogP contribution in [0.4, 0.5) is 18.9 Å². The number of nitrogens with one attached hydrogen (secondary N) is 3.